The molecule has 0 radical (unpaired) electrons. The third-order valence-corrected chi connectivity index (χ3v) is 3.43. The molecule has 1 atom stereocenters. The minimum atomic E-state index is -0.0103. The van der Waals surface area contributed by atoms with Gasteiger partial charge in [0.15, 0.2) is 0 Å². The van der Waals surface area contributed by atoms with E-state index in [9.17, 15) is 5.11 Å². The first kappa shape index (κ1) is 14.8. The summed E-state index contributed by atoms with van der Waals surface area (Å²) in [6.45, 7) is 5.32. The Kier molecular flexibility index (Phi) is 4.99. The van der Waals surface area contributed by atoms with Crippen LogP contribution in [0.15, 0.2) is 36.4 Å². The monoisotopic (exact) mass is 273 g/mol. The Balaban J connectivity index is 2.25. The van der Waals surface area contributed by atoms with E-state index < -0.39 is 0 Å². The number of aliphatic hydroxyl groups is 1. The largest absolute Gasteiger partial charge is 0.497 e. The van der Waals surface area contributed by atoms with E-state index in [2.05, 4.69) is 43.4 Å². The van der Waals surface area contributed by atoms with Gasteiger partial charge in [0, 0.05) is 0 Å². The molecule has 3 nitrogen and oxygen atoms in total. The number of hydrogen-bond acceptors (Lipinski definition) is 3. The van der Waals surface area contributed by atoms with Gasteiger partial charge in [-0.2, -0.15) is 0 Å². The minimum absolute atomic E-state index is 0.0103. The molecule has 0 spiro atoms. The first-order valence-electron chi connectivity index (χ1n) is 7.06. The van der Waals surface area contributed by atoms with E-state index in [0.29, 0.717) is 5.92 Å². The van der Waals surface area contributed by atoms with Gasteiger partial charge in [0.05, 0.1) is 19.8 Å². The maximum atomic E-state index is 9.56. The molecule has 2 aromatic carbocycles. The maximum Gasteiger partial charge on any atom is 0.119 e. The third kappa shape index (κ3) is 3.50. The second-order valence-electron chi connectivity index (χ2n) is 5.51. The van der Waals surface area contributed by atoms with Crippen molar-refractivity contribution in [1.29, 1.82) is 0 Å². The van der Waals surface area contributed by atoms with Crippen molar-refractivity contribution in [3.05, 3.63) is 42.0 Å². The molecule has 0 aliphatic heterocycles. The maximum absolute atomic E-state index is 9.56. The Morgan fingerprint density at radius 3 is 2.45 bits per heavy atom. The lowest BCUT2D eigenvalue weighted by atomic mass is 10.0. The summed E-state index contributed by atoms with van der Waals surface area (Å²) < 4.78 is 5.23. The SMILES string of the molecule is COc1ccc2cc(C(CO)NCC(C)C)ccc2c1. The van der Waals surface area contributed by atoms with Crippen LogP contribution in [0.5, 0.6) is 5.75 Å². The highest BCUT2D eigenvalue weighted by atomic mass is 16.5. The summed E-state index contributed by atoms with van der Waals surface area (Å²) in [5.41, 5.74) is 1.12. The van der Waals surface area contributed by atoms with Crippen molar-refractivity contribution < 1.29 is 9.84 Å². The van der Waals surface area contributed by atoms with Crippen molar-refractivity contribution in [2.75, 3.05) is 20.3 Å². The van der Waals surface area contributed by atoms with Crippen LogP contribution >= 0.6 is 0 Å². The molecular weight excluding hydrogens is 250 g/mol. The Morgan fingerprint density at radius 2 is 1.80 bits per heavy atom. The highest BCUT2D eigenvalue weighted by Crippen LogP contribution is 2.24. The fourth-order valence-corrected chi connectivity index (χ4v) is 2.25. The molecule has 3 heteroatoms. The Labute approximate surface area is 120 Å². The number of aliphatic hydroxyl groups excluding tert-OH is 1. The zero-order chi connectivity index (χ0) is 14.5. The average Bonchev–Trinajstić information content (AvgIpc) is 2.47. The van der Waals surface area contributed by atoms with E-state index in [4.69, 9.17) is 4.74 Å². The standard InChI is InChI=1S/C17H23NO2/c1-12(2)10-18-17(11-19)15-5-4-14-9-16(20-3)7-6-13(14)8-15/h4-9,12,17-19H,10-11H2,1-3H3. The molecule has 2 aromatic rings. The number of nitrogens with one attached hydrogen (secondary N) is 1. The Bertz CT molecular complexity index is 566. The Hall–Kier alpha value is -1.58. The van der Waals surface area contributed by atoms with Gasteiger partial charge in [0.25, 0.3) is 0 Å². The first-order valence-corrected chi connectivity index (χ1v) is 7.06. The molecule has 0 saturated heterocycles. The molecule has 0 heterocycles. The predicted octanol–water partition coefficient (Wildman–Crippen LogP) is 3.13. The second kappa shape index (κ2) is 6.73. The van der Waals surface area contributed by atoms with Gasteiger partial charge in [0.1, 0.15) is 5.75 Å². The van der Waals surface area contributed by atoms with Crippen LogP contribution in [-0.4, -0.2) is 25.4 Å². The molecule has 0 aliphatic carbocycles. The van der Waals surface area contributed by atoms with Crippen LogP contribution in [0.25, 0.3) is 10.8 Å². The van der Waals surface area contributed by atoms with Gasteiger partial charge in [0.2, 0.25) is 0 Å². The lowest BCUT2D eigenvalue weighted by molar-refractivity contribution is 0.241. The zero-order valence-electron chi connectivity index (χ0n) is 12.4. The molecule has 108 valence electrons. The van der Waals surface area contributed by atoms with Crippen molar-refractivity contribution in [1.82, 2.24) is 5.32 Å². The number of hydrogen-bond donors (Lipinski definition) is 2. The number of methoxy groups -OCH3 is 1. The quantitative estimate of drug-likeness (QED) is 0.849. The van der Waals surface area contributed by atoms with Gasteiger partial charge in [-0.25, -0.2) is 0 Å². The van der Waals surface area contributed by atoms with E-state index in [1.807, 2.05) is 12.1 Å². The van der Waals surface area contributed by atoms with Crippen LogP contribution in [0.1, 0.15) is 25.5 Å². The normalized spacial score (nSPS) is 12.8. The number of ether oxygens (including phenoxy) is 1. The zero-order valence-corrected chi connectivity index (χ0v) is 12.4. The van der Waals surface area contributed by atoms with Crippen molar-refractivity contribution in [2.24, 2.45) is 5.92 Å². The van der Waals surface area contributed by atoms with Gasteiger partial charge in [-0.15, -0.1) is 0 Å². The predicted molar refractivity (Wildman–Crippen MR) is 83.2 cm³/mol. The van der Waals surface area contributed by atoms with Gasteiger partial charge in [-0.1, -0.05) is 32.0 Å². The van der Waals surface area contributed by atoms with Crippen molar-refractivity contribution >= 4 is 10.8 Å². The molecular formula is C17H23NO2. The lowest BCUT2D eigenvalue weighted by Crippen LogP contribution is -2.27. The number of rotatable bonds is 6. The summed E-state index contributed by atoms with van der Waals surface area (Å²) >= 11 is 0. The third-order valence-electron chi connectivity index (χ3n) is 3.43. The van der Waals surface area contributed by atoms with Gasteiger partial charge in [-0.05, 0) is 47.0 Å². The minimum Gasteiger partial charge on any atom is -0.497 e. The lowest BCUT2D eigenvalue weighted by Gasteiger charge is -2.18. The van der Waals surface area contributed by atoms with Crippen molar-refractivity contribution in [3.63, 3.8) is 0 Å². The molecule has 0 bridgehead atoms. The fourth-order valence-electron chi connectivity index (χ4n) is 2.25. The van der Waals surface area contributed by atoms with E-state index in [-0.39, 0.29) is 12.6 Å². The molecule has 0 fully saturated rings. The number of benzene rings is 2. The van der Waals surface area contributed by atoms with Crippen molar-refractivity contribution in [2.45, 2.75) is 19.9 Å². The first-order chi connectivity index (χ1) is 9.63. The van der Waals surface area contributed by atoms with Crippen molar-refractivity contribution in [3.8, 4) is 5.75 Å². The van der Waals surface area contributed by atoms with Gasteiger partial charge >= 0.3 is 0 Å². The number of fused-ring (bicyclic) bond motifs is 1. The van der Waals surface area contributed by atoms with Crippen LogP contribution in [0, 0.1) is 5.92 Å². The van der Waals surface area contributed by atoms with Gasteiger partial charge in [-0.3, -0.25) is 0 Å². The van der Waals surface area contributed by atoms with Crippen LogP contribution in [0.2, 0.25) is 0 Å². The molecule has 20 heavy (non-hydrogen) atoms. The van der Waals surface area contributed by atoms with Crippen LogP contribution in [-0.2, 0) is 0 Å². The van der Waals surface area contributed by atoms with Crippen LogP contribution in [0.4, 0.5) is 0 Å². The van der Waals surface area contributed by atoms with E-state index in [1.165, 1.54) is 0 Å². The second-order valence-corrected chi connectivity index (χ2v) is 5.51. The summed E-state index contributed by atoms with van der Waals surface area (Å²) in [4.78, 5) is 0. The molecule has 0 aromatic heterocycles. The van der Waals surface area contributed by atoms with Gasteiger partial charge < -0.3 is 15.2 Å². The summed E-state index contributed by atoms with van der Waals surface area (Å²) in [6, 6.07) is 12.3. The highest BCUT2D eigenvalue weighted by Gasteiger charge is 2.11. The molecule has 0 amide bonds. The van der Waals surface area contributed by atoms with Crippen LogP contribution < -0.4 is 10.1 Å². The highest BCUT2D eigenvalue weighted by molar-refractivity contribution is 5.84. The van der Waals surface area contributed by atoms with E-state index >= 15 is 0 Å². The summed E-state index contributed by atoms with van der Waals surface area (Å²) in [5.74, 6) is 1.43. The fraction of sp³-hybridized carbons (Fsp3) is 0.412. The van der Waals surface area contributed by atoms with E-state index in [0.717, 1.165) is 28.6 Å². The average molecular weight is 273 g/mol. The molecule has 2 rings (SSSR count). The van der Waals surface area contributed by atoms with E-state index in [1.54, 1.807) is 7.11 Å². The smallest absolute Gasteiger partial charge is 0.119 e. The summed E-state index contributed by atoms with van der Waals surface area (Å²) in [6.07, 6.45) is 0. The molecule has 0 saturated carbocycles. The summed E-state index contributed by atoms with van der Waals surface area (Å²) in [5, 5.41) is 15.3. The summed E-state index contributed by atoms with van der Waals surface area (Å²) in [7, 11) is 1.67. The topological polar surface area (TPSA) is 41.5 Å². The van der Waals surface area contributed by atoms with Crippen LogP contribution in [0.3, 0.4) is 0 Å². The molecule has 0 aliphatic rings. The molecule has 1 unspecified atom stereocenters. The molecule has 2 N–H and O–H groups in total. The Morgan fingerprint density at radius 1 is 1.10 bits per heavy atom.